The minimum absolute atomic E-state index is 0.473. The van der Waals surface area contributed by atoms with Crippen LogP contribution in [0, 0.1) is 27.7 Å². The van der Waals surface area contributed by atoms with Crippen LogP contribution in [-0.4, -0.2) is 53.1 Å². The molecule has 0 unspecified atom stereocenters. The van der Waals surface area contributed by atoms with E-state index in [9.17, 15) is 0 Å². The molecular formula is C24H28N8. The summed E-state index contributed by atoms with van der Waals surface area (Å²) < 4.78 is 0. The third-order valence-electron chi connectivity index (χ3n) is 6.41. The van der Waals surface area contributed by atoms with Gasteiger partial charge in [-0.3, -0.25) is 10.00 Å². The highest BCUT2D eigenvalue weighted by atomic mass is 15.2. The Balaban J connectivity index is 1.26. The van der Waals surface area contributed by atoms with E-state index in [1.165, 1.54) is 5.69 Å². The number of H-pyrrole nitrogens is 1. The second kappa shape index (κ2) is 8.35. The molecule has 1 N–H and O–H groups in total. The van der Waals surface area contributed by atoms with Crippen LogP contribution in [0.5, 0.6) is 0 Å². The van der Waals surface area contributed by atoms with Crippen molar-refractivity contribution < 1.29 is 0 Å². The number of aryl methyl sites for hydroxylation is 4. The molecule has 0 radical (unpaired) electrons. The lowest BCUT2D eigenvalue weighted by molar-refractivity contribution is 0.199. The van der Waals surface area contributed by atoms with Gasteiger partial charge in [0.2, 0.25) is 0 Å². The van der Waals surface area contributed by atoms with Crippen molar-refractivity contribution in [1.82, 2.24) is 40.0 Å². The summed E-state index contributed by atoms with van der Waals surface area (Å²) in [6.07, 6.45) is 3.76. The van der Waals surface area contributed by atoms with Crippen molar-refractivity contribution in [2.24, 2.45) is 0 Å². The average molecular weight is 429 g/mol. The first-order chi connectivity index (χ1) is 15.5. The molecule has 1 aliphatic heterocycles. The van der Waals surface area contributed by atoms with Gasteiger partial charge in [-0.25, -0.2) is 24.9 Å². The summed E-state index contributed by atoms with van der Waals surface area (Å²) in [7, 11) is 0. The van der Waals surface area contributed by atoms with Crippen LogP contribution in [0.25, 0.3) is 22.3 Å². The van der Waals surface area contributed by atoms with Crippen molar-refractivity contribution >= 4 is 11.0 Å². The Labute approximate surface area is 187 Å². The van der Waals surface area contributed by atoms with Gasteiger partial charge in [-0.2, -0.15) is 5.10 Å². The molecule has 0 spiro atoms. The molecular weight excluding hydrogens is 400 g/mol. The molecule has 4 aromatic heterocycles. The lowest BCUT2D eigenvalue weighted by atomic mass is 9.93. The average Bonchev–Trinajstić information content (AvgIpc) is 3.23. The molecule has 0 aromatic carbocycles. The lowest BCUT2D eigenvalue weighted by Gasteiger charge is -2.30. The summed E-state index contributed by atoms with van der Waals surface area (Å²) in [4.78, 5) is 25.2. The minimum Gasteiger partial charge on any atom is -0.296 e. The number of likely N-dealkylation sites (tertiary alicyclic amines) is 1. The molecule has 8 nitrogen and oxygen atoms in total. The Bertz CT molecular complexity index is 1250. The monoisotopic (exact) mass is 428 g/mol. The fourth-order valence-electron chi connectivity index (χ4n) is 4.62. The maximum absolute atomic E-state index is 4.73. The van der Waals surface area contributed by atoms with Crippen LogP contribution in [-0.2, 0) is 6.54 Å². The van der Waals surface area contributed by atoms with Crippen molar-refractivity contribution in [1.29, 1.82) is 0 Å². The number of hydrogen-bond donors (Lipinski definition) is 1. The maximum Gasteiger partial charge on any atom is 0.163 e. The smallest absolute Gasteiger partial charge is 0.163 e. The molecule has 0 amide bonds. The zero-order valence-electron chi connectivity index (χ0n) is 19.1. The molecule has 0 aliphatic carbocycles. The van der Waals surface area contributed by atoms with Gasteiger partial charge in [0.15, 0.2) is 5.65 Å². The SMILES string of the molecule is Cc1ccc2c(C)nc(CN3CCC(c4cc(-c5c(C)ncnc5C)n[nH]4)CC3)nc2n1. The van der Waals surface area contributed by atoms with Crippen LogP contribution < -0.4 is 0 Å². The van der Waals surface area contributed by atoms with Crippen molar-refractivity contribution in [2.45, 2.75) is 53.0 Å². The van der Waals surface area contributed by atoms with Gasteiger partial charge in [0, 0.05) is 28.3 Å². The number of pyridine rings is 1. The molecule has 1 fully saturated rings. The van der Waals surface area contributed by atoms with Gasteiger partial charge in [-0.15, -0.1) is 0 Å². The number of rotatable bonds is 4. The van der Waals surface area contributed by atoms with Crippen molar-refractivity contribution in [3.63, 3.8) is 0 Å². The largest absolute Gasteiger partial charge is 0.296 e. The third-order valence-corrected chi connectivity index (χ3v) is 6.41. The summed E-state index contributed by atoms with van der Waals surface area (Å²) in [5.41, 5.74) is 7.84. The number of nitrogens with one attached hydrogen (secondary N) is 1. The molecule has 5 heterocycles. The van der Waals surface area contributed by atoms with Crippen LogP contribution in [0.4, 0.5) is 0 Å². The molecule has 0 saturated carbocycles. The first kappa shape index (κ1) is 20.6. The van der Waals surface area contributed by atoms with Gasteiger partial charge in [0.1, 0.15) is 12.2 Å². The van der Waals surface area contributed by atoms with Gasteiger partial charge in [0.05, 0.1) is 29.3 Å². The molecule has 8 heteroatoms. The topological polar surface area (TPSA) is 96.4 Å². The fourth-order valence-corrected chi connectivity index (χ4v) is 4.62. The maximum atomic E-state index is 4.73. The van der Waals surface area contributed by atoms with Gasteiger partial charge >= 0.3 is 0 Å². The van der Waals surface area contributed by atoms with Crippen LogP contribution in [0.2, 0.25) is 0 Å². The second-order valence-corrected chi connectivity index (χ2v) is 8.73. The molecule has 1 aliphatic rings. The summed E-state index contributed by atoms with van der Waals surface area (Å²) in [5, 5.41) is 8.87. The number of aromatic nitrogens is 7. The highest BCUT2D eigenvalue weighted by Crippen LogP contribution is 2.31. The Morgan fingerprint density at radius 2 is 1.69 bits per heavy atom. The number of nitrogens with zero attached hydrogens (tertiary/aromatic N) is 7. The van der Waals surface area contributed by atoms with E-state index >= 15 is 0 Å². The van der Waals surface area contributed by atoms with E-state index in [0.29, 0.717) is 5.92 Å². The van der Waals surface area contributed by atoms with Gasteiger partial charge < -0.3 is 0 Å². The van der Waals surface area contributed by atoms with E-state index in [4.69, 9.17) is 9.97 Å². The van der Waals surface area contributed by atoms with E-state index in [-0.39, 0.29) is 0 Å². The number of fused-ring (bicyclic) bond motifs is 1. The zero-order chi connectivity index (χ0) is 22.2. The van der Waals surface area contributed by atoms with Gasteiger partial charge in [-0.05, 0) is 71.8 Å². The number of piperidine rings is 1. The van der Waals surface area contributed by atoms with E-state index in [1.807, 2.05) is 33.8 Å². The summed E-state index contributed by atoms with van der Waals surface area (Å²) in [6.45, 7) is 10.8. The fraction of sp³-hybridized carbons (Fsp3) is 0.417. The van der Waals surface area contributed by atoms with Crippen molar-refractivity contribution in [2.75, 3.05) is 13.1 Å². The Morgan fingerprint density at radius 1 is 0.938 bits per heavy atom. The standard InChI is InChI=1S/C24H28N8/c1-14-5-6-19-15(2)28-22(29-24(19)27-14)12-32-9-7-18(8-10-32)20-11-21(31-30-20)23-16(3)25-13-26-17(23)4/h5-6,11,13,18H,7-10,12H2,1-4H3,(H,30,31). The quantitative estimate of drug-likeness (QED) is 0.528. The summed E-state index contributed by atoms with van der Waals surface area (Å²) in [5.74, 6) is 1.33. The summed E-state index contributed by atoms with van der Waals surface area (Å²) in [6, 6.07) is 6.24. The van der Waals surface area contributed by atoms with E-state index in [1.54, 1.807) is 6.33 Å². The first-order valence-electron chi connectivity index (χ1n) is 11.1. The van der Waals surface area contributed by atoms with Crippen LogP contribution in [0.15, 0.2) is 24.5 Å². The minimum atomic E-state index is 0.473. The molecule has 0 bridgehead atoms. The second-order valence-electron chi connectivity index (χ2n) is 8.73. The van der Waals surface area contributed by atoms with Crippen LogP contribution in [0.3, 0.4) is 0 Å². The Hall–Kier alpha value is -3.26. The molecule has 164 valence electrons. The van der Waals surface area contributed by atoms with Gasteiger partial charge in [-0.1, -0.05) is 0 Å². The van der Waals surface area contributed by atoms with E-state index < -0.39 is 0 Å². The molecule has 1 saturated heterocycles. The normalized spacial score (nSPS) is 15.5. The number of hydrogen-bond acceptors (Lipinski definition) is 7. The lowest BCUT2D eigenvalue weighted by Crippen LogP contribution is -2.33. The Kier molecular flexibility index (Phi) is 5.38. The third kappa shape index (κ3) is 3.98. The van der Waals surface area contributed by atoms with Crippen LogP contribution >= 0.6 is 0 Å². The Morgan fingerprint density at radius 3 is 2.44 bits per heavy atom. The molecule has 32 heavy (non-hydrogen) atoms. The summed E-state index contributed by atoms with van der Waals surface area (Å²) >= 11 is 0. The van der Waals surface area contributed by atoms with Gasteiger partial charge in [0.25, 0.3) is 0 Å². The molecule has 0 atom stereocenters. The van der Waals surface area contributed by atoms with Crippen molar-refractivity contribution in [3.05, 3.63) is 58.8 Å². The highest BCUT2D eigenvalue weighted by Gasteiger charge is 2.24. The first-order valence-corrected chi connectivity index (χ1v) is 11.1. The molecule has 4 aromatic rings. The van der Waals surface area contributed by atoms with Crippen molar-refractivity contribution in [3.8, 4) is 11.3 Å². The zero-order valence-corrected chi connectivity index (χ0v) is 19.1. The number of aromatic amines is 1. The highest BCUT2D eigenvalue weighted by molar-refractivity contribution is 5.77. The van der Waals surface area contributed by atoms with E-state index in [0.717, 1.165) is 83.4 Å². The predicted octanol–water partition coefficient (Wildman–Crippen LogP) is 3.82. The van der Waals surface area contributed by atoms with E-state index in [2.05, 4.69) is 42.2 Å². The molecule has 5 rings (SSSR count). The predicted molar refractivity (Wildman–Crippen MR) is 123 cm³/mol. The van der Waals surface area contributed by atoms with Crippen LogP contribution in [0.1, 0.15) is 53.1 Å².